The topological polar surface area (TPSA) is 166 Å². The van der Waals surface area contributed by atoms with E-state index in [1.807, 2.05) is 18.8 Å². The van der Waals surface area contributed by atoms with Crippen LogP contribution in [-0.2, 0) is 11.3 Å². The summed E-state index contributed by atoms with van der Waals surface area (Å²) >= 11 is 0. The van der Waals surface area contributed by atoms with Gasteiger partial charge in [-0.2, -0.15) is 13.2 Å². The molecule has 0 radical (unpaired) electrons. The number of urea groups is 1. The highest BCUT2D eigenvalue weighted by molar-refractivity contribution is 6.03. The second-order valence-corrected chi connectivity index (χ2v) is 9.60. The monoisotopic (exact) mass is 546 g/mol. The maximum absolute atomic E-state index is 12.6. The van der Waals surface area contributed by atoms with Gasteiger partial charge in [0.1, 0.15) is 24.0 Å². The van der Waals surface area contributed by atoms with Crippen LogP contribution in [0.3, 0.4) is 0 Å². The smallest absolute Gasteiger partial charge is 0.406 e. The molecular formula is C24H37F3N6O5. The molecule has 1 aromatic heterocycles. The Morgan fingerprint density at radius 3 is 2.13 bits per heavy atom. The zero-order valence-corrected chi connectivity index (χ0v) is 21.9. The Hall–Kier alpha value is -3.32. The zero-order chi connectivity index (χ0) is 28.8. The van der Waals surface area contributed by atoms with Crippen LogP contribution < -0.4 is 17.0 Å². The number of hydrogen-bond acceptors (Lipinski definition) is 6. The molecule has 1 unspecified atom stereocenters. The fourth-order valence-electron chi connectivity index (χ4n) is 4.65. The summed E-state index contributed by atoms with van der Waals surface area (Å²) in [6.45, 7) is 3.00. The minimum Gasteiger partial charge on any atom is -0.494 e. The number of amidine groups is 1. The molecule has 3 amide bonds. The molecular weight excluding hydrogens is 509 g/mol. The molecule has 3 fully saturated rings. The Balaban J connectivity index is 0.000000256. The average Bonchev–Trinajstić information content (AvgIpc) is 3.65. The van der Waals surface area contributed by atoms with Crippen LogP contribution in [-0.4, -0.2) is 68.0 Å². The average molecular weight is 547 g/mol. The molecule has 3 aliphatic rings. The standard InChI is InChI=1S/C13H19F3N2O2.C9H12N4O3.C2H6/c1-17-11(19)10(7-9-5-3-2-4-6-9)18(12(17)20)8-13(14,15)16;10-6(11)5-7(14)12-9(16)13(8(5)15)3-4-1-2-4;1-2/h9-10H,2-8H2,1H3;4,15H,1-3H2,(H3,10,11)(H,12,14,16);1-2H3. The summed E-state index contributed by atoms with van der Waals surface area (Å²) in [6.07, 6.45) is 2.98. The molecule has 214 valence electrons. The van der Waals surface area contributed by atoms with Gasteiger partial charge in [0.2, 0.25) is 5.88 Å². The number of aromatic hydroxyl groups is 1. The van der Waals surface area contributed by atoms with E-state index in [2.05, 4.69) is 0 Å². The number of hydrogen-bond donors (Lipinski definition) is 4. The minimum atomic E-state index is -4.48. The molecule has 38 heavy (non-hydrogen) atoms. The van der Waals surface area contributed by atoms with Gasteiger partial charge in [0.25, 0.3) is 11.5 Å². The van der Waals surface area contributed by atoms with Gasteiger partial charge >= 0.3 is 17.9 Å². The molecule has 0 aromatic carbocycles. The molecule has 2 aliphatic carbocycles. The van der Waals surface area contributed by atoms with Gasteiger partial charge in [0.05, 0.1) is 0 Å². The van der Waals surface area contributed by atoms with Gasteiger partial charge in [-0.3, -0.25) is 29.4 Å². The summed E-state index contributed by atoms with van der Waals surface area (Å²) in [5.41, 5.74) is 3.32. The zero-order valence-electron chi connectivity index (χ0n) is 21.9. The van der Waals surface area contributed by atoms with Crippen molar-refractivity contribution in [1.29, 1.82) is 5.41 Å². The maximum Gasteiger partial charge on any atom is 0.406 e. The Kier molecular flexibility index (Phi) is 10.5. The highest BCUT2D eigenvalue weighted by Crippen LogP contribution is 2.33. The van der Waals surface area contributed by atoms with Crippen molar-refractivity contribution in [2.75, 3.05) is 13.6 Å². The number of nitrogen functional groups attached to an aromatic ring is 1. The van der Waals surface area contributed by atoms with Gasteiger partial charge < -0.3 is 15.7 Å². The molecule has 0 bridgehead atoms. The van der Waals surface area contributed by atoms with Crippen LogP contribution in [0, 0.1) is 17.2 Å². The van der Waals surface area contributed by atoms with Crippen LogP contribution in [0.4, 0.5) is 18.0 Å². The number of alkyl halides is 3. The van der Waals surface area contributed by atoms with E-state index in [0.717, 1.165) is 54.4 Å². The third-order valence-corrected chi connectivity index (χ3v) is 6.73. The van der Waals surface area contributed by atoms with Crippen LogP contribution in [0.2, 0.25) is 0 Å². The molecule has 4 rings (SSSR count). The normalized spacial score (nSPS) is 20.0. The SMILES string of the molecule is CC.CN1C(=O)C(CC2CCCCC2)N(CC(F)(F)F)C1=O.N=C(N)c1c(O)n(CC2CC2)c(=O)[nH]c1=O. The minimum absolute atomic E-state index is 0.243. The predicted molar refractivity (Wildman–Crippen MR) is 134 cm³/mol. The summed E-state index contributed by atoms with van der Waals surface area (Å²) in [6, 6.07) is -1.79. The van der Waals surface area contributed by atoms with E-state index in [1.165, 1.54) is 7.05 Å². The third-order valence-electron chi connectivity index (χ3n) is 6.73. The first-order valence-electron chi connectivity index (χ1n) is 12.9. The summed E-state index contributed by atoms with van der Waals surface area (Å²) in [5.74, 6) is -0.983. The number of rotatable bonds is 6. The molecule has 1 aliphatic heterocycles. The molecule has 5 N–H and O–H groups in total. The predicted octanol–water partition coefficient (Wildman–Crippen LogP) is 2.74. The van der Waals surface area contributed by atoms with Crippen LogP contribution in [0.1, 0.15) is 70.8 Å². The van der Waals surface area contributed by atoms with E-state index in [-0.39, 0.29) is 11.5 Å². The summed E-state index contributed by atoms with van der Waals surface area (Å²) < 4.78 is 38.7. The van der Waals surface area contributed by atoms with Crippen molar-refractivity contribution in [3.8, 4) is 5.88 Å². The van der Waals surface area contributed by atoms with Crippen LogP contribution >= 0.6 is 0 Å². The lowest BCUT2D eigenvalue weighted by Crippen LogP contribution is -2.42. The summed E-state index contributed by atoms with van der Waals surface area (Å²) in [4.78, 5) is 50.0. The number of halogens is 3. The number of carbonyl (C=O) groups excluding carboxylic acids is 2. The van der Waals surface area contributed by atoms with E-state index < -0.39 is 53.7 Å². The molecule has 1 atom stereocenters. The van der Waals surface area contributed by atoms with Crippen molar-refractivity contribution in [2.24, 2.45) is 17.6 Å². The number of H-pyrrole nitrogens is 1. The van der Waals surface area contributed by atoms with Gasteiger partial charge in [0.15, 0.2) is 0 Å². The number of carbonyl (C=O) groups is 2. The Bertz CT molecular complexity index is 1120. The number of nitrogens with two attached hydrogens (primary N) is 1. The number of amides is 3. The summed E-state index contributed by atoms with van der Waals surface area (Å²) in [7, 11) is 1.24. The van der Waals surface area contributed by atoms with Gasteiger partial charge in [-0.15, -0.1) is 0 Å². The largest absolute Gasteiger partial charge is 0.494 e. The van der Waals surface area contributed by atoms with E-state index in [9.17, 15) is 37.5 Å². The molecule has 1 saturated heterocycles. The van der Waals surface area contributed by atoms with E-state index in [1.54, 1.807) is 0 Å². The van der Waals surface area contributed by atoms with Crippen LogP contribution in [0.5, 0.6) is 5.88 Å². The van der Waals surface area contributed by atoms with Crippen molar-refractivity contribution in [1.82, 2.24) is 19.4 Å². The molecule has 14 heteroatoms. The second kappa shape index (κ2) is 13.0. The Morgan fingerprint density at radius 1 is 1.05 bits per heavy atom. The van der Waals surface area contributed by atoms with Crippen molar-refractivity contribution >= 4 is 17.8 Å². The fourth-order valence-corrected chi connectivity index (χ4v) is 4.65. The number of imide groups is 1. The maximum atomic E-state index is 12.6. The number of nitrogens with zero attached hydrogens (tertiary/aromatic N) is 3. The number of nitrogens with one attached hydrogen (secondary N) is 2. The molecule has 1 aromatic rings. The molecule has 11 nitrogen and oxygen atoms in total. The lowest BCUT2D eigenvalue weighted by molar-refractivity contribution is -0.145. The summed E-state index contributed by atoms with van der Waals surface area (Å²) in [5, 5.41) is 16.9. The van der Waals surface area contributed by atoms with E-state index in [0.29, 0.717) is 23.8 Å². The number of likely N-dealkylation sites (N-methyl/N-ethyl adjacent to an activating group) is 1. The quantitative estimate of drug-likeness (QED) is 0.243. The van der Waals surface area contributed by atoms with Crippen LogP contribution in [0.15, 0.2) is 9.59 Å². The Labute approximate surface area is 218 Å². The number of aromatic nitrogens is 2. The highest BCUT2D eigenvalue weighted by Gasteiger charge is 2.48. The van der Waals surface area contributed by atoms with Crippen molar-refractivity contribution in [3.63, 3.8) is 0 Å². The lowest BCUT2D eigenvalue weighted by atomic mass is 9.84. The van der Waals surface area contributed by atoms with E-state index >= 15 is 0 Å². The van der Waals surface area contributed by atoms with Crippen LogP contribution in [0.25, 0.3) is 0 Å². The van der Waals surface area contributed by atoms with Gasteiger partial charge in [-0.25, -0.2) is 9.59 Å². The lowest BCUT2D eigenvalue weighted by Gasteiger charge is -2.28. The molecule has 0 spiro atoms. The van der Waals surface area contributed by atoms with Gasteiger partial charge in [0, 0.05) is 13.6 Å². The first-order valence-corrected chi connectivity index (χ1v) is 12.9. The first kappa shape index (κ1) is 30.9. The van der Waals surface area contributed by atoms with Crippen molar-refractivity contribution < 1.29 is 27.9 Å². The highest BCUT2D eigenvalue weighted by atomic mass is 19.4. The van der Waals surface area contributed by atoms with Crippen molar-refractivity contribution in [3.05, 3.63) is 26.4 Å². The Morgan fingerprint density at radius 2 is 1.63 bits per heavy atom. The first-order chi connectivity index (χ1) is 17.8. The fraction of sp³-hybridized carbons (Fsp3) is 0.708. The number of aromatic amines is 1. The molecule has 2 saturated carbocycles. The second-order valence-electron chi connectivity index (χ2n) is 9.60. The van der Waals surface area contributed by atoms with Gasteiger partial charge in [-0.1, -0.05) is 46.0 Å². The third kappa shape index (κ3) is 7.84. The molecule has 2 heterocycles. The van der Waals surface area contributed by atoms with E-state index in [4.69, 9.17) is 11.1 Å². The van der Waals surface area contributed by atoms with Gasteiger partial charge in [-0.05, 0) is 31.1 Å². The van der Waals surface area contributed by atoms with Crippen molar-refractivity contribution in [2.45, 2.75) is 84.0 Å².